The Bertz CT molecular complexity index is 944. The van der Waals surface area contributed by atoms with Crippen molar-refractivity contribution < 1.29 is 19.1 Å². The Morgan fingerprint density at radius 2 is 1.68 bits per heavy atom. The number of carbonyl (C=O) groups is 2. The molecule has 0 radical (unpaired) electrons. The second-order valence-electron chi connectivity index (χ2n) is 5.79. The van der Waals surface area contributed by atoms with Gasteiger partial charge in [-0.2, -0.15) is 0 Å². The smallest absolute Gasteiger partial charge is 0.333 e. The summed E-state index contributed by atoms with van der Waals surface area (Å²) in [5, 5.41) is 3.13. The molecule has 0 aliphatic carbocycles. The molecule has 0 atom stereocenters. The Morgan fingerprint density at radius 1 is 1.07 bits per heavy atom. The topological polar surface area (TPSA) is 67.9 Å². The highest BCUT2D eigenvalue weighted by molar-refractivity contribution is 9.10. The maximum Gasteiger partial charge on any atom is 0.333 e. The van der Waals surface area contributed by atoms with Crippen LogP contribution in [0.2, 0.25) is 5.02 Å². The van der Waals surface area contributed by atoms with E-state index in [-0.39, 0.29) is 5.70 Å². The van der Waals surface area contributed by atoms with Gasteiger partial charge >= 0.3 is 6.03 Å². The lowest BCUT2D eigenvalue weighted by molar-refractivity contribution is -0.113. The molecule has 1 heterocycles. The number of carbonyl (C=O) groups excluding carboxylic acids is 2. The number of halogens is 2. The Balaban J connectivity index is 1.95. The van der Waals surface area contributed by atoms with E-state index < -0.39 is 11.9 Å². The van der Waals surface area contributed by atoms with Crippen LogP contribution in [0.3, 0.4) is 0 Å². The van der Waals surface area contributed by atoms with Crippen LogP contribution in [0.5, 0.6) is 11.5 Å². The largest absolute Gasteiger partial charge is 0.490 e. The maximum atomic E-state index is 12.8. The molecule has 0 saturated carbocycles. The molecule has 2 aromatic carbocycles. The fraction of sp³-hybridized carbons (Fsp3) is 0.200. The van der Waals surface area contributed by atoms with Gasteiger partial charge in [0, 0.05) is 9.50 Å². The van der Waals surface area contributed by atoms with Gasteiger partial charge in [0.1, 0.15) is 5.70 Å². The van der Waals surface area contributed by atoms with Crippen molar-refractivity contribution in [3.05, 3.63) is 57.2 Å². The van der Waals surface area contributed by atoms with E-state index in [0.717, 1.165) is 4.90 Å². The van der Waals surface area contributed by atoms with Crippen LogP contribution in [0.25, 0.3) is 6.08 Å². The van der Waals surface area contributed by atoms with Crippen LogP contribution in [-0.4, -0.2) is 25.2 Å². The molecule has 1 aliphatic heterocycles. The zero-order chi connectivity index (χ0) is 20.3. The van der Waals surface area contributed by atoms with E-state index in [2.05, 4.69) is 21.2 Å². The van der Waals surface area contributed by atoms with Crippen molar-refractivity contribution in [1.29, 1.82) is 0 Å². The number of rotatable bonds is 6. The monoisotopic (exact) mass is 464 g/mol. The predicted octanol–water partition coefficient (Wildman–Crippen LogP) is 5.00. The summed E-state index contributed by atoms with van der Waals surface area (Å²) in [5.41, 5.74) is 1.27. The molecule has 1 fully saturated rings. The lowest BCUT2D eigenvalue weighted by atomic mass is 10.1. The molecule has 1 N–H and O–H groups in total. The average Bonchev–Trinajstić information content (AvgIpc) is 2.93. The molecule has 28 heavy (non-hydrogen) atoms. The lowest BCUT2D eigenvalue weighted by Crippen LogP contribution is -2.30. The summed E-state index contributed by atoms with van der Waals surface area (Å²) < 4.78 is 11.9. The molecule has 1 saturated heterocycles. The summed E-state index contributed by atoms with van der Waals surface area (Å²) in [6.45, 7) is 4.73. The summed E-state index contributed by atoms with van der Waals surface area (Å²) >= 11 is 9.36. The van der Waals surface area contributed by atoms with Crippen LogP contribution >= 0.6 is 27.5 Å². The van der Waals surface area contributed by atoms with Crippen LogP contribution in [0.15, 0.2) is 46.6 Å². The first-order valence-electron chi connectivity index (χ1n) is 8.66. The van der Waals surface area contributed by atoms with Crippen LogP contribution in [0, 0.1) is 0 Å². The third-order valence-corrected chi connectivity index (χ3v) is 4.86. The van der Waals surface area contributed by atoms with Crippen molar-refractivity contribution in [1.82, 2.24) is 5.32 Å². The van der Waals surface area contributed by atoms with Gasteiger partial charge in [0.05, 0.1) is 18.9 Å². The number of nitrogens with zero attached hydrogens (tertiary/aromatic N) is 1. The number of hydrogen-bond acceptors (Lipinski definition) is 4. The van der Waals surface area contributed by atoms with Crippen molar-refractivity contribution in [2.45, 2.75) is 13.8 Å². The summed E-state index contributed by atoms with van der Waals surface area (Å²) in [6.07, 6.45) is 1.60. The summed E-state index contributed by atoms with van der Waals surface area (Å²) in [7, 11) is 0. The van der Waals surface area contributed by atoms with Gasteiger partial charge in [-0.05, 0) is 61.9 Å². The molecule has 1 aliphatic rings. The number of anilines is 1. The van der Waals surface area contributed by atoms with Gasteiger partial charge in [0.2, 0.25) is 0 Å². The van der Waals surface area contributed by atoms with E-state index in [1.807, 2.05) is 13.8 Å². The molecule has 0 unspecified atom stereocenters. The van der Waals surface area contributed by atoms with Crippen LogP contribution in [0.1, 0.15) is 19.4 Å². The van der Waals surface area contributed by atoms with Crippen molar-refractivity contribution in [2.75, 3.05) is 18.1 Å². The lowest BCUT2D eigenvalue weighted by Gasteiger charge is -2.13. The van der Waals surface area contributed by atoms with E-state index in [0.29, 0.717) is 45.5 Å². The standard InChI is InChI=1S/C20H18BrClN2O4/c1-3-27-17-10-12(15(21)11-18(17)28-4-2)9-16-19(25)24(20(26)23-16)14-7-5-13(22)6-8-14/h5-11H,3-4H2,1-2H3,(H,23,26)/b16-9+. The first kappa shape index (κ1) is 20.2. The Kier molecular flexibility index (Phi) is 6.26. The molecule has 6 nitrogen and oxygen atoms in total. The van der Waals surface area contributed by atoms with Crippen molar-refractivity contribution in [2.24, 2.45) is 0 Å². The first-order valence-corrected chi connectivity index (χ1v) is 9.83. The molecule has 146 valence electrons. The van der Waals surface area contributed by atoms with E-state index in [1.54, 1.807) is 42.5 Å². The second kappa shape index (κ2) is 8.67. The summed E-state index contributed by atoms with van der Waals surface area (Å²) in [4.78, 5) is 26.2. The molecule has 3 amide bonds. The fourth-order valence-corrected chi connectivity index (χ4v) is 3.28. The van der Waals surface area contributed by atoms with Gasteiger partial charge in [-0.3, -0.25) is 4.79 Å². The molecule has 0 spiro atoms. The molecular weight excluding hydrogens is 448 g/mol. The van der Waals surface area contributed by atoms with Gasteiger partial charge < -0.3 is 14.8 Å². The second-order valence-corrected chi connectivity index (χ2v) is 7.08. The first-order chi connectivity index (χ1) is 13.4. The number of hydrogen-bond donors (Lipinski definition) is 1. The Hall–Kier alpha value is -2.51. The highest BCUT2D eigenvalue weighted by Crippen LogP contribution is 2.35. The molecule has 2 aromatic rings. The van der Waals surface area contributed by atoms with Gasteiger partial charge in [-0.15, -0.1) is 0 Å². The Labute approximate surface area is 176 Å². The van der Waals surface area contributed by atoms with Gasteiger partial charge in [-0.1, -0.05) is 27.5 Å². The minimum absolute atomic E-state index is 0.159. The molecule has 0 aromatic heterocycles. The highest BCUT2D eigenvalue weighted by atomic mass is 79.9. The quantitative estimate of drug-likeness (QED) is 0.482. The van der Waals surface area contributed by atoms with Gasteiger partial charge in [0.15, 0.2) is 11.5 Å². The minimum Gasteiger partial charge on any atom is -0.490 e. The fourth-order valence-electron chi connectivity index (χ4n) is 2.71. The Morgan fingerprint density at radius 3 is 2.29 bits per heavy atom. The van der Waals surface area contributed by atoms with Crippen molar-refractivity contribution in [3.8, 4) is 11.5 Å². The normalized spacial score (nSPS) is 15.1. The molecule has 8 heteroatoms. The predicted molar refractivity (Wildman–Crippen MR) is 112 cm³/mol. The third kappa shape index (κ3) is 4.15. The van der Waals surface area contributed by atoms with Crippen molar-refractivity contribution >= 4 is 51.2 Å². The van der Waals surface area contributed by atoms with Crippen LogP contribution in [0.4, 0.5) is 10.5 Å². The SMILES string of the molecule is CCOc1cc(Br)c(/C=C2/NC(=O)N(c3ccc(Cl)cc3)C2=O)cc1OCC. The number of ether oxygens (including phenoxy) is 2. The summed E-state index contributed by atoms with van der Waals surface area (Å²) in [5.74, 6) is 0.708. The van der Waals surface area contributed by atoms with Crippen LogP contribution in [-0.2, 0) is 4.79 Å². The molecule has 3 rings (SSSR count). The average molecular weight is 466 g/mol. The van der Waals surface area contributed by atoms with Crippen molar-refractivity contribution in [3.63, 3.8) is 0 Å². The molecular formula is C20H18BrClN2O4. The van der Waals surface area contributed by atoms with E-state index in [1.165, 1.54) is 0 Å². The number of benzene rings is 2. The third-order valence-electron chi connectivity index (χ3n) is 3.93. The van der Waals surface area contributed by atoms with Gasteiger partial charge in [-0.25, -0.2) is 9.69 Å². The zero-order valence-corrected chi connectivity index (χ0v) is 17.6. The zero-order valence-electron chi connectivity index (χ0n) is 15.3. The number of urea groups is 1. The van der Waals surface area contributed by atoms with E-state index in [4.69, 9.17) is 21.1 Å². The number of imide groups is 1. The summed E-state index contributed by atoms with van der Waals surface area (Å²) in [6, 6.07) is 9.49. The number of amides is 3. The minimum atomic E-state index is -0.523. The van der Waals surface area contributed by atoms with Gasteiger partial charge in [0.25, 0.3) is 5.91 Å². The van der Waals surface area contributed by atoms with E-state index >= 15 is 0 Å². The van der Waals surface area contributed by atoms with E-state index in [9.17, 15) is 9.59 Å². The number of nitrogens with one attached hydrogen (secondary N) is 1. The highest BCUT2D eigenvalue weighted by Gasteiger charge is 2.35. The maximum absolute atomic E-state index is 12.8. The van der Waals surface area contributed by atoms with Crippen LogP contribution < -0.4 is 19.7 Å². The molecule has 0 bridgehead atoms.